The SMILES string of the molecule is O=C([C@@H]1CCc2ccccc2O1)N1CCC(Cn2cc(CCO)nn2)CC1. The molecule has 3 heterocycles. The number of hydrogen-bond acceptors (Lipinski definition) is 5. The molecular weight excluding hydrogens is 344 g/mol. The highest BCUT2D eigenvalue weighted by molar-refractivity contribution is 5.81. The van der Waals surface area contributed by atoms with E-state index in [0.29, 0.717) is 12.3 Å². The van der Waals surface area contributed by atoms with E-state index in [1.165, 1.54) is 5.56 Å². The Hall–Kier alpha value is -2.41. The molecule has 27 heavy (non-hydrogen) atoms. The van der Waals surface area contributed by atoms with E-state index in [9.17, 15) is 4.79 Å². The van der Waals surface area contributed by atoms with E-state index in [-0.39, 0.29) is 18.6 Å². The van der Waals surface area contributed by atoms with Crippen LogP contribution in [0.1, 0.15) is 30.5 Å². The molecule has 2 aromatic rings. The minimum atomic E-state index is -0.354. The average molecular weight is 370 g/mol. The number of nitrogens with zero attached hydrogens (tertiary/aromatic N) is 4. The first-order valence-corrected chi connectivity index (χ1v) is 9.76. The maximum atomic E-state index is 12.9. The van der Waals surface area contributed by atoms with Gasteiger partial charge in [-0.15, -0.1) is 5.10 Å². The number of piperidine rings is 1. The topological polar surface area (TPSA) is 80.5 Å². The van der Waals surface area contributed by atoms with Crippen LogP contribution in [0, 0.1) is 5.92 Å². The smallest absolute Gasteiger partial charge is 0.263 e. The average Bonchev–Trinajstić information content (AvgIpc) is 3.15. The summed E-state index contributed by atoms with van der Waals surface area (Å²) >= 11 is 0. The standard InChI is InChI=1S/C20H26N4O3/c25-12-9-17-14-24(22-21-17)13-15-7-10-23(11-8-15)20(26)19-6-5-16-3-1-2-4-18(16)27-19/h1-4,14-15,19,25H,5-13H2/t19-/m0/s1. The van der Waals surface area contributed by atoms with Gasteiger partial charge in [-0.05, 0) is 43.2 Å². The van der Waals surface area contributed by atoms with Gasteiger partial charge in [-0.1, -0.05) is 23.4 Å². The second-order valence-corrected chi connectivity index (χ2v) is 7.43. The maximum Gasteiger partial charge on any atom is 0.263 e. The van der Waals surface area contributed by atoms with Crippen molar-refractivity contribution in [3.05, 3.63) is 41.7 Å². The minimum Gasteiger partial charge on any atom is -0.480 e. The first-order valence-electron chi connectivity index (χ1n) is 9.76. The molecule has 1 N–H and O–H groups in total. The molecule has 0 spiro atoms. The van der Waals surface area contributed by atoms with Crippen LogP contribution >= 0.6 is 0 Å². The quantitative estimate of drug-likeness (QED) is 0.862. The van der Waals surface area contributed by atoms with E-state index in [0.717, 1.165) is 56.8 Å². The number of aliphatic hydroxyl groups excluding tert-OH is 1. The number of rotatable bonds is 5. The molecule has 144 valence electrons. The van der Waals surface area contributed by atoms with Crippen LogP contribution in [0.4, 0.5) is 0 Å². The number of aliphatic hydroxyl groups is 1. The van der Waals surface area contributed by atoms with Crippen LogP contribution in [0.2, 0.25) is 0 Å². The van der Waals surface area contributed by atoms with Gasteiger partial charge in [-0.25, -0.2) is 0 Å². The van der Waals surface area contributed by atoms with E-state index in [1.54, 1.807) is 0 Å². The van der Waals surface area contributed by atoms with Gasteiger partial charge in [0, 0.05) is 38.9 Å². The Bertz CT molecular complexity index is 783. The van der Waals surface area contributed by atoms with Gasteiger partial charge in [0.25, 0.3) is 5.91 Å². The lowest BCUT2D eigenvalue weighted by molar-refractivity contribution is -0.141. The third-order valence-corrected chi connectivity index (χ3v) is 5.52. The summed E-state index contributed by atoms with van der Waals surface area (Å²) in [6.45, 7) is 2.44. The van der Waals surface area contributed by atoms with Crippen molar-refractivity contribution in [2.24, 2.45) is 5.92 Å². The van der Waals surface area contributed by atoms with E-state index >= 15 is 0 Å². The van der Waals surface area contributed by atoms with Crippen molar-refractivity contribution in [2.45, 2.75) is 44.8 Å². The van der Waals surface area contributed by atoms with E-state index in [1.807, 2.05) is 34.0 Å². The maximum absolute atomic E-state index is 12.9. The van der Waals surface area contributed by atoms with Crippen LogP contribution in [0.3, 0.4) is 0 Å². The molecule has 1 amide bonds. The van der Waals surface area contributed by atoms with Crippen LogP contribution < -0.4 is 4.74 Å². The lowest BCUT2D eigenvalue weighted by Gasteiger charge is -2.35. The van der Waals surface area contributed by atoms with Gasteiger partial charge in [-0.2, -0.15) is 0 Å². The summed E-state index contributed by atoms with van der Waals surface area (Å²) in [7, 11) is 0. The summed E-state index contributed by atoms with van der Waals surface area (Å²) in [5.74, 6) is 1.46. The highest BCUT2D eigenvalue weighted by atomic mass is 16.5. The summed E-state index contributed by atoms with van der Waals surface area (Å²) in [5, 5.41) is 17.2. The summed E-state index contributed by atoms with van der Waals surface area (Å²) in [4.78, 5) is 14.8. The Labute approximate surface area is 158 Å². The van der Waals surface area contributed by atoms with Gasteiger partial charge in [-0.3, -0.25) is 9.48 Å². The van der Waals surface area contributed by atoms with Crippen LogP contribution in [0.15, 0.2) is 30.5 Å². The molecule has 1 saturated heterocycles. The third-order valence-electron chi connectivity index (χ3n) is 5.52. The van der Waals surface area contributed by atoms with Gasteiger partial charge in [0.2, 0.25) is 0 Å². The molecule has 4 rings (SSSR count). The van der Waals surface area contributed by atoms with Gasteiger partial charge >= 0.3 is 0 Å². The van der Waals surface area contributed by atoms with Crippen molar-refractivity contribution in [3.63, 3.8) is 0 Å². The number of aryl methyl sites for hydroxylation is 1. The molecule has 1 aromatic heterocycles. The van der Waals surface area contributed by atoms with Crippen LogP contribution in [0.25, 0.3) is 0 Å². The van der Waals surface area contributed by atoms with E-state index in [4.69, 9.17) is 9.84 Å². The fraction of sp³-hybridized carbons (Fsp3) is 0.550. The van der Waals surface area contributed by atoms with Crippen molar-refractivity contribution in [1.29, 1.82) is 0 Å². The van der Waals surface area contributed by atoms with Gasteiger partial charge in [0.05, 0.1) is 5.69 Å². The Kier molecular flexibility index (Phi) is 5.38. The molecule has 7 nitrogen and oxygen atoms in total. The lowest BCUT2D eigenvalue weighted by Crippen LogP contribution is -2.47. The van der Waals surface area contributed by atoms with E-state index in [2.05, 4.69) is 16.4 Å². The second-order valence-electron chi connectivity index (χ2n) is 7.43. The van der Waals surface area contributed by atoms with Crippen molar-refractivity contribution in [1.82, 2.24) is 19.9 Å². The second kappa shape index (κ2) is 8.08. The number of fused-ring (bicyclic) bond motifs is 1. The number of aromatic nitrogens is 3. The molecule has 0 bridgehead atoms. The number of para-hydroxylation sites is 1. The number of amides is 1. The highest BCUT2D eigenvalue weighted by Gasteiger charge is 2.32. The van der Waals surface area contributed by atoms with Crippen LogP contribution in [-0.2, 0) is 24.2 Å². The van der Waals surface area contributed by atoms with E-state index < -0.39 is 0 Å². The first kappa shape index (κ1) is 18.0. The van der Waals surface area contributed by atoms with Gasteiger partial charge in [0.1, 0.15) is 5.75 Å². The zero-order chi connectivity index (χ0) is 18.6. The van der Waals surface area contributed by atoms with Crippen molar-refractivity contribution in [3.8, 4) is 5.75 Å². The zero-order valence-corrected chi connectivity index (χ0v) is 15.5. The minimum absolute atomic E-state index is 0.0902. The predicted molar refractivity (Wildman–Crippen MR) is 99.3 cm³/mol. The third kappa shape index (κ3) is 4.13. The molecule has 2 aliphatic rings. The van der Waals surface area contributed by atoms with Gasteiger partial charge < -0.3 is 14.7 Å². The molecule has 1 atom stereocenters. The number of hydrogen-bond donors (Lipinski definition) is 1. The fourth-order valence-corrected chi connectivity index (χ4v) is 3.96. The van der Waals surface area contributed by atoms with Crippen molar-refractivity contribution >= 4 is 5.91 Å². The monoisotopic (exact) mass is 370 g/mol. The molecule has 2 aliphatic heterocycles. The summed E-state index contributed by atoms with van der Waals surface area (Å²) < 4.78 is 7.82. The zero-order valence-electron chi connectivity index (χ0n) is 15.5. The lowest BCUT2D eigenvalue weighted by atomic mass is 9.95. The summed E-state index contributed by atoms with van der Waals surface area (Å²) in [6, 6.07) is 7.98. The largest absolute Gasteiger partial charge is 0.480 e. The summed E-state index contributed by atoms with van der Waals surface area (Å²) in [6.07, 6.45) is 5.66. The molecule has 0 saturated carbocycles. The number of benzene rings is 1. The first-order chi connectivity index (χ1) is 13.2. The summed E-state index contributed by atoms with van der Waals surface area (Å²) in [5.41, 5.74) is 2.01. The Morgan fingerprint density at radius 2 is 2.04 bits per heavy atom. The van der Waals surface area contributed by atoms with Crippen molar-refractivity contribution in [2.75, 3.05) is 19.7 Å². The highest BCUT2D eigenvalue weighted by Crippen LogP contribution is 2.29. The van der Waals surface area contributed by atoms with Crippen molar-refractivity contribution < 1.29 is 14.6 Å². The molecule has 1 aromatic carbocycles. The number of likely N-dealkylation sites (tertiary alicyclic amines) is 1. The normalized spacial score (nSPS) is 20.2. The van der Waals surface area contributed by atoms with Crippen LogP contribution in [-0.4, -0.2) is 56.7 Å². The Balaban J connectivity index is 1.28. The van der Waals surface area contributed by atoms with Crippen LogP contribution in [0.5, 0.6) is 5.75 Å². The molecular formula is C20H26N4O3. The predicted octanol–water partition coefficient (Wildman–Crippen LogP) is 1.45. The number of carbonyl (C=O) groups excluding carboxylic acids is 1. The Morgan fingerprint density at radius 3 is 2.85 bits per heavy atom. The fourth-order valence-electron chi connectivity index (χ4n) is 3.96. The molecule has 0 aliphatic carbocycles. The molecule has 0 radical (unpaired) electrons. The molecule has 7 heteroatoms. The Morgan fingerprint density at radius 1 is 1.22 bits per heavy atom. The number of carbonyl (C=O) groups is 1. The van der Waals surface area contributed by atoms with Gasteiger partial charge in [0.15, 0.2) is 6.10 Å². The molecule has 0 unspecified atom stereocenters. The number of ether oxygens (including phenoxy) is 1. The molecule has 1 fully saturated rings.